The monoisotopic (exact) mass is 481 g/mol. The average molecular weight is 482 g/mol. The van der Waals surface area contributed by atoms with E-state index >= 15 is 0 Å². The molecule has 0 amide bonds. The zero-order valence-corrected chi connectivity index (χ0v) is 20.1. The third-order valence-electron chi connectivity index (χ3n) is 5.59. The molecule has 0 aliphatic heterocycles. The third-order valence-corrected chi connectivity index (χ3v) is 7.68. The average Bonchev–Trinajstić information content (AvgIpc) is 3.53. The van der Waals surface area contributed by atoms with Crippen molar-refractivity contribution in [2.75, 3.05) is 0 Å². The fraction of sp³-hybridized carbons (Fsp3) is 0.0769. The van der Waals surface area contributed by atoms with Crippen LogP contribution in [0, 0.1) is 13.8 Å². The van der Waals surface area contributed by atoms with E-state index in [-0.39, 0.29) is 5.56 Å². The summed E-state index contributed by atoms with van der Waals surface area (Å²) in [5.41, 5.74) is 6.04. The zero-order chi connectivity index (χ0) is 23.2. The zero-order valence-electron chi connectivity index (χ0n) is 18.4. The number of hydrogen-bond donors (Lipinski definition) is 1. The van der Waals surface area contributed by atoms with Gasteiger partial charge in [-0.05, 0) is 67.9 Å². The molecule has 0 atom stereocenters. The maximum Gasteiger partial charge on any atom is 0.282 e. The van der Waals surface area contributed by atoms with Crippen molar-refractivity contribution in [3.8, 4) is 15.7 Å². The van der Waals surface area contributed by atoms with Crippen molar-refractivity contribution in [2.45, 2.75) is 13.8 Å². The first kappa shape index (κ1) is 20.7. The molecule has 0 bridgehead atoms. The number of fused-ring (bicyclic) bond motifs is 2. The Labute approximate surface area is 202 Å². The Hall–Kier alpha value is -3.88. The molecule has 166 valence electrons. The second-order valence-electron chi connectivity index (χ2n) is 8.05. The van der Waals surface area contributed by atoms with Crippen LogP contribution in [0.5, 0.6) is 0 Å². The van der Waals surface area contributed by atoms with Gasteiger partial charge in [-0.1, -0.05) is 29.5 Å². The molecule has 0 aliphatic carbocycles. The van der Waals surface area contributed by atoms with Crippen molar-refractivity contribution in [3.05, 3.63) is 93.9 Å². The molecule has 3 aromatic carbocycles. The molecule has 3 aromatic heterocycles. The smallest absolute Gasteiger partial charge is 0.282 e. The van der Waals surface area contributed by atoms with E-state index in [0.29, 0.717) is 10.7 Å². The topological polar surface area (TPSA) is 75.9 Å². The molecule has 8 heteroatoms. The first-order valence-corrected chi connectivity index (χ1v) is 12.4. The molecule has 3 heterocycles. The van der Waals surface area contributed by atoms with E-state index in [1.54, 1.807) is 17.6 Å². The summed E-state index contributed by atoms with van der Waals surface area (Å²) in [6, 6.07) is 22.1. The van der Waals surface area contributed by atoms with E-state index in [1.807, 2.05) is 55.5 Å². The van der Waals surface area contributed by atoms with Crippen LogP contribution in [-0.4, -0.2) is 26.0 Å². The first-order chi connectivity index (χ1) is 16.5. The predicted molar refractivity (Wildman–Crippen MR) is 141 cm³/mol. The Bertz CT molecular complexity index is 1720. The normalized spacial score (nSPS) is 11.8. The molecule has 0 aliphatic rings. The van der Waals surface area contributed by atoms with E-state index in [0.717, 1.165) is 37.7 Å². The number of aryl methyl sites for hydroxylation is 2. The van der Waals surface area contributed by atoms with Crippen LogP contribution in [0.1, 0.15) is 16.8 Å². The number of nitrogens with zero attached hydrogens (tertiary/aromatic N) is 4. The van der Waals surface area contributed by atoms with E-state index in [4.69, 9.17) is 4.98 Å². The van der Waals surface area contributed by atoms with Gasteiger partial charge >= 0.3 is 0 Å². The molecule has 6 nitrogen and oxygen atoms in total. The van der Waals surface area contributed by atoms with Crippen LogP contribution < -0.4 is 5.56 Å². The fourth-order valence-electron chi connectivity index (χ4n) is 3.79. The lowest BCUT2D eigenvalue weighted by Crippen LogP contribution is -2.16. The van der Waals surface area contributed by atoms with Gasteiger partial charge in [0.25, 0.3) is 5.56 Å². The van der Waals surface area contributed by atoms with Crippen LogP contribution in [0.15, 0.2) is 76.5 Å². The lowest BCUT2D eigenvalue weighted by atomic mass is 10.2. The fourth-order valence-corrected chi connectivity index (χ4v) is 5.78. The molecule has 6 aromatic rings. The summed E-state index contributed by atoms with van der Waals surface area (Å²) in [5, 5.41) is 4.73. The molecule has 0 saturated carbocycles. The van der Waals surface area contributed by atoms with Crippen molar-refractivity contribution >= 4 is 55.0 Å². The van der Waals surface area contributed by atoms with Crippen LogP contribution in [0.2, 0.25) is 0 Å². The number of nitrogens with one attached hydrogen (secondary N) is 1. The number of H-pyrrole nitrogens is 1. The van der Waals surface area contributed by atoms with Crippen molar-refractivity contribution in [1.82, 2.24) is 19.7 Å². The summed E-state index contributed by atoms with van der Waals surface area (Å²) in [6.07, 6.45) is 1.62. The number of benzene rings is 3. The third kappa shape index (κ3) is 3.67. The minimum absolute atomic E-state index is 0.165. The second-order valence-corrected chi connectivity index (χ2v) is 10.1. The number of hydrogen-bond acceptors (Lipinski definition) is 6. The lowest BCUT2D eigenvalue weighted by molar-refractivity contribution is 0.829. The van der Waals surface area contributed by atoms with Crippen molar-refractivity contribution in [1.29, 1.82) is 0 Å². The summed E-state index contributed by atoms with van der Waals surface area (Å²) in [7, 11) is 0. The van der Waals surface area contributed by atoms with Crippen LogP contribution >= 0.6 is 22.7 Å². The standard InChI is InChI=1S/C26H19N5OS2/c1-15-7-12-21-23(13-15)33-24(28-21)17-8-10-18(11-9-17)27-14-19-16(2)30-31(25(19)32)26-29-20-5-3-4-6-22(20)34-26/h3-14,30H,1-2H3. The van der Waals surface area contributed by atoms with Gasteiger partial charge in [-0.2, -0.15) is 4.68 Å². The molecule has 0 spiro atoms. The molecule has 1 N–H and O–H groups in total. The van der Waals surface area contributed by atoms with Gasteiger partial charge in [0.15, 0.2) is 0 Å². The Morgan fingerprint density at radius 3 is 2.53 bits per heavy atom. The lowest BCUT2D eigenvalue weighted by Gasteiger charge is -1.97. The predicted octanol–water partition coefficient (Wildman–Crippen LogP) is 6.42. The maximum absolute atomic E-state index is 13.0. The minimum atomic E-state index is -0.165. The highest BCUT2D eigenvalue weighted by Gasteiger charge is 2.14. The molecule has 6 rings (SSSR count). The van der Waals surface area contributed by atoms with Gasteiger partial charge in [0.05, 0.1) is 31.7 Å². The first-order valence-electron chi connectivity index (χ1n) is 10.7. The Morgan fingerprint density at radius 1 is 0.912 bits per heavy atom. The van der Waals surface area contributed by atoms with Gasteiger partial charge in [-0.15, -0.1) is 11.3 Å². The Balaban J connectivity index is 1.27. The molecular weight excluding hydrogens is 462 g/mol. The van der Waals surface area contributed by atoms with E-state index in [2.05, 4.69) is 40.2 Å². The van der Waals surface area contributed by atoms with Gasteiger partial charge in [-0.25, -0.2) is 9.97 Å². The van der Waals surface area contributed by atoms with Crippen molar-refractivity contribution in [2.24, 2.45) is 4.99 Å². The highest BCUT2D eigenvalue weighted by molar-refractivity contribution is 7.21. The van der Waals surface area contributed by atoms with Crippen LogP contribution in [0.25, 0.3) is 36.1 Å². The summed E-state index contributed by atoms with van der Waals surface area (Å²) >= 11 is 3.16. The van der Waals surface area contributed by atoms with E-state index in [9.17, 15) is 4.79 Å². The maximum atomic E-state index is 13.0. The molecular formula is C26H19N5OS2. The molecule has 34 heavy (non-hydrogen) atoms. The summed E-state index contributed by atoms with van der Waals surface area (Å²) in [4.78, 5) is 26.9. The number of aromatic amines is 1. The largest absolute Gasteiger partial charge is 0.293 e. The molecule has 0 saturated heterocycles. The quantitative estimate of drug-likeness (QED) is 0.295. The summed E-state index contributed by atoms with van der Waals surface area (Å²) in [6.45, 7) is 3.95. The van der Waals surface area contributed by atoms with Gasteiger partial charge in [0.2, 0.25) is 5.13 Å². The Kier molecular flexibility index (Phi) is 4.97. The number of rotatable bonds is 4. The van der Waals surface area contributed by atoms with Gasteiger partial charge in [0, 0.05) is 17.5 Å². The van der Waals surface area contributed by atoms with E-state index < -0.39 is 0 Å². The highest BCUT2D eigenvalue weighted by atomic mass is 32.1. The van der Waals surface area contributed by atoms with Gasteiger partial charge in [0.1, 0.15) is 5.01 Å². The van der Waals surface area contributed by atoms with Gasteiger partial charge in [-0.3, -0.25) is 14.9 Å². The molecule has 0 radical (unpaired) electrons. The number of para-hydroxylation sites is 1. The summed E-state index contributed by atoms with van der Waals surface area (Å²) in [5.74, 6) is 0. The van der Waals surface area contributed by atoms with Crippen LogP contribution in [0.4, 0.5) is 5.69 Å². The van der Waals surface area contributed by atoms with Crippen molar-refractivity contribution < 1.29 is 0 Å². The van der Waals surface area contributed by atoms with E-state index in [1.165, 1.54) is 26.3 Å². The molecule has 0 unspecified atom stereocenters. The summed E-state index contributed by atoms with van der Waals surface area (Å²) < 4.78 is 3.71. The SMILES string of the molecule is Cc1ccc2nc(-c3ccc(N=Cc4c(C)[nH]n(-c5nc6ccccc6s5)c4=O)cc3)sc2c1. The minimum Gasteiger partial charge on any atom is -0.293 e. The highest BCUT2D eigenvalue weighted by Crippen LogP contribution is 2.31. The Morgan fingerprint density at radius 2 is 1.71 bits per heavy atom. The second kappa shape index (κ2) is 8.16. The number of thiazole rings is 2. The van der Waals surface area contributed by atoms with Crippen molar-refractivity contribution in [3.63, 3.8) is 0 Å². The van der Waals surface area contributed by atoms with Crippen LogP contribution in [-0.2, 0) is 0 Å². The molecule has 0 fully saturated rings. The number of aliphatic imine (C=N–C) groups is 1. The van der Waals surface area contributed by atoms with Crippen LogP contribution in [0.3, 0.4) is 0 Å². The number of aromatic nitrogens is 4. The van der Waals surface area contributed by atoms with Gasteiger partial charge < -0.3 is 0 Å².